The summed E-state index contributed by atoms with van der Waals surface area (Å²) in [5, 5.41) is 0. The van der Waals surface area contributed by atoms with Gasteiger partial charge < -0.3 is 4.42 Å². The van der Waals surface area contributed by atoms with Crippen molar-refractivity contribution in [3.8, 4) is 22.6 Å². The number of aryl methyl sites for hydroxylation is 1. The van der Waals surface area contributed by atoms with Gasteiger partial charge in [-0.2, -0.15) is 0 Å². The fourth-order valence-corrected chi connectivity index (χ4v) is 3.10. The van der Waals surface area contributed by atoms with Crippen LogP contribution in [0.3, 0.4) is 0 Å². The maximum atomic E-state index is 12.7. The van der Waals surface area contributed by atoms with Crippen LogP contribution in [-0.2, 0) is 6.54 Å². The Morgan fingerprint density at radius 2 is 1.38 bits per heavy atom. The predicted molar refractivity (Wildman–Crippen MR) is 104 cm³/mol. The van der Waals surface area contributed by atoms with Gasteiger partial charge in [0.05, 0.1) is 12.2 Å². The van der Waals surface area contributed by atoms with Crippen molar-refractivity contribution in [2.75, 3.05) is 0 Å². The minimum atomic E-state index is -0.344. The highest BCUT2D eigenvalue weighted by Crippen LogP contribution is 2.32. The lowest BCUT2D eigenvalue weighted by Crippen LogP contribution is -2.16. The Bertz CT molecular complexity index is 1060. The molecule has 0 saturated heterocycles. The van der Waals surface area contributed by atoms with Gasteiger partial charge in [0.25, 0.3) is 0 Å². The van der Waals surface area contributed by atoms with E-state index in [4.69, 9.17) is 4.42 Å². The minimum absolute atomic E-state index is 0.344. The second-order valence-corrected chi connectivity index (χ2v) is 6.35. The zero-order chi connectivity index (χ0) is 17.9. The average molecular weight is 341 g/mol. The molecule has 26 heavy (non-hydrogen) atoms. The number of aromatic nitrogens is 1. The van der Waals surface area contributed by atoms with Crippen LogP contribution in [0.25, 0.3) is 22.6 Å². The van der Waals surface area contributed by atoms with Gasteiger partial charge in [-0.15, -0.1) is 0 Å². The summed E-state index contributed by atoms with van der Waals surface area (Å²) in [5.41, 5.74) is 4.90. The quantitative estimate of drug-likeness (QED) is 0.516. The molecule has 0 aliphatic rings. The van der Waals surface area contributed by atoms with Gasteiger partial charge in [-0.3, -0.25) is 4.57 Å². The van der Waals surface area contributed by atoms with E-state index in [1.807, 2.05) is 91.9 Å². The van der Waals surface area contributed by atoms with Crippen LogP contribution in [0.15, 0.2) is 94.1 Å². The molecule has 3 heteroatoms. The Hall–Kier alpha value is -3.33. The highest BCUT2D eigenvalue weighted by Gasteiger charge is 2.20. The Morgan fingerprint density at radius 1 is 0.769 bits per heavy atom. The van der Waals surface area contributed by atoms with Crippen molar-refractivity contribution in [1.82, 2.24) is 4.57 Å². The normalized spacial score (nSPS) is 10.8. The number of hydrogen-bond acceptors (Lipinski definition) is 2. The topological polar surface area (TPSA) is 35.1 Å². The molecule has 4 aromatic rings. The Labute approximate surface area is 152 Å². The number of hydrogen-bond donors (Lipinski definition) is 0. The molecule has 0 atom stereocenters. The zero-order valence-corrected chi connectivity index (χ0v) is 14.6. The number of rotatable bonds is 4. The number of oxazole rings is 1. The molecule has 128 valence electrons. The van der Waals surface area contributed by atoms with Crippen LogP contribution in [0.4, 0.5) is 0 Å². The molecule has 0 spiro atoms. The Kier molecular flexibility index (Phi) is 4.28. The average Bonchev–Trinajstić information content (AvgIpc) is 3.00. The molecule has 4 rings (SSSR count). The van der Waals surface area contributed by atoms with Gasteiger partial charge in [0, 0.05) is 11.1 Å². The third-order valence-electron chi connectivity index (χ3n) is 4.44. The summed E-state index contributed by atoms with van der Waals surface area (Å²) in [5.74, 6) is 0.264. The van der Waals surface area contributed by atoms with Crippen LogP contribution in [0.5, 0.6) is 0 Å². The van der Waals surface area contributed by atoms with E-state index in [9.17, 15) is 4.79 Å². The fraction of sp³-hybridized carbons (Fsp3) is 0.0870. The fourth-order valence-electron chi connectivity index (χ4n) is 3.10. The van der Waals surface area contributed by atoms with Gasteiger partial charge in [-0.1, -0.05) is 90.5 Å². The van der Waals surface area contributed by atoms with Gasteiger partial charge in [0.2, 0.25) is 0 Å². The smallest absolute Gasteiger partial charge is 0.407 e. The van der Waals surface area contributed by atoms with Crippen molar-refractivity contribution in [3.05, 3.63) is 107 Å². The molecule has 0 bridgehead atoms. The highest BCUT2D eigenvalue weighted by atomic mass is 16.4. The van der Waals surface area contributed by atoms with Gasteiger partial charge in [0.1, 0.15) is 0 Å². The van der Waals surface area contributed by atoms with Crippen molar-refractivity contribution in [1.29, 1.82) is 0 Å². The largest absolute Gasteiger partial charge is 0.420 e. The van der Waals surface area contributed by atoms with E-state index < -0.39 is 0 Å². The van der Waals surface area contributed by atoms with E-state index in [0.29, 0.717) is 12.3 Å². The number of nitrogens with zero attached hydrogens (tertiary/aromatic N) is 1. The molecule has 3 aromatic carbocycles. The molecular weight excluding hydrogens is 322 g/mol. The van der Waals surface area contributed by atoms with Gasteiger partial charge in [-0.25, -0.2) is 4.79 Å². The summed E-state index contributed by atoms with van der Waals surface area (Å²) in [4.78, 5) is 12.7. The summed E-state index contributed by atoms with van der Waals surface area (Å²) in [6.45, 7) is 2.51. The maximum Gasteiger partial charge on any atom is 0.420 e. The lowest BCUT2D eigenvalue weighted by atomic mass is 10.0. The molecule has 0 unspecified atom stereocenters. The molecule has 1 heterocycles. The molecule has 0 N–H and O–H groups in total. The van der Waals surface area contributed by atoms with Crippen LogP contribution in [0.1, 0.15) is 11.1 Å². The highest BCUT2D eigenvalue weighted by molar-refractivity contribution is 5.77. The standard InChI is InChI=1S/C23H19NO2/c1-17-12-14-20(15-13-17)22-21(19-10-6-3-7-11-19)24(23(25)26-22)16-18-8-4-2-5-9-18/h2-15H,16H2,1H3. The molecule has 0 aliphatic carbocycles. The SMILES string of the molecule is Cc1ccc(-c2oc(=O)n(Cc3ccccc3)c2-c2ccccc2)cc1. The van der Waals surface area contributed by atoms with Crippen LogP contribution >= 0.6 is 0 Å². The summed E-state index contributed by atoms with van der Waals surface area (Å²) < 4.78 is 7.41. The van der Waals surface area contributed by atoms with E-state index in [-0.39, 0.29) is 5.76 Å². The summed E-state index contributed by atoms with van der Waals surface area (Å²) >= 11 is 0. The van der Waals surface area contributed by atoms with E-state index >= 15 is 0 Å². The first kappa shape index (κ1) is 16.2. The van der Waals surface area contributed by atoms with Crippen LogP contribution in [-0.4, -0.2) is 4.57 Å². The molecule has 1 aromatic heterocycles. The third kappa shape index (κ3) is 3.11. The van der Waals surface area contributed by atoms with Crippen LogP contribution in [0.2, 0.25) is 0 Å². The monoisotopic (exact) mass is 341 g/mol. The second-order valence-electron chi connectivity index (χ2n) is 6.35. The van der Waals surface area contributed by atoms with E-state index in [1.165, 1.54) is 5.56 Å². The lowest BCUT2D eigenvalue weighted by molar-refractivity contribution is 0.497. The van der Waals surface area contributed by atoms with Gasteiger partial charge >= 0.3 is 5.76 Å². The summed E-state index contributed by atoms with van der Waals surface area (Å²) in [7, 11) is 0. The minimum Gasteiger partial charge on any atom is -0.407 e. The molecule has 0 saturated carbocycles. The summed E-state index contributed by atoms with van der Waals surface area (Å²) in [6, 6.07) is 27.9. The van der Waals surface area contributed by atoms with Gasteiger partial charge in [-0.05, 0) is 12.5 Å². The first-order valence-corrected chi connectivity index (χ1v) is 8.62. The molecule has 0 fully saturated rings. The Morgan fingerprint density at radius 3 is 2.04 bits per heavy atom. The van der Waals surface area contributed by atoms with Gasteiger partial charge in [0.15, 0.2) is 5.76 Å². The molecule has 0 aliphatic heterocycles. The van der Waals surface area contributed by atoms with E-state index in [2.05, 4.69) is 0 Å². The summed E-state index contributed by atoms with van der Waals surface area (Å²) in [6.07, 6.45) is 0. The van der Waals surface area contributed by atoms with E-state index in [0.717, 1.165) is 22.4 Å². The third-order valence-corrected chi connectivity index (χ3v) is 4.44. The van der Waals surface area contributed by atoms with E-state index in [1.54, 1.807) is 4.57 Å². The second kappa shape index (κ2) is 6.89. The zero-order valence-electron chi connectivity index (χ0n) is 14.6. The first-order chi connectivity index (χ1) is 12.7. The Balaban J connectivity index is 1.91. The van der Waals surface area contributed by atoms with Crippen molar-refractivity contribution in [3.63, 3.8) is 0 Å². The van der Waals surface area contributed by atoms with Crippen molar-refractivity contribution < 1.29 is 4.42 Å². The van der Waals surface area contributed by atoms with Crippen LogP contribution in [0, 0.1) is 6.92 Å². The predicted octanol–water partition coefficient (Wildman–Crippen LogP) is 5.13. The number of benzene rings is 3. The maximum absolute atomic E-state index is 12.7. The van der Waals surface area contributed by atoms with Crippen molar-refractivity contribution in [2.45, 2.75) is 13.5 Å². The molecular formula is C23H19NO2. The van der Waals surface area contributed by atoms with Crippen molar-refractivity contribution in [2.24, 2.45) is 0 Å². The lowest BCUT2D eigenvalue weighted by Gasteiger charge is -2.09. The van der Waals surface area contributed by atoms with Crippen molar-refractivity contribution >= 4 is 0 Å². The van der Waals surface area contributed by atoms with Crippen LogP contribution < -0.4 is 5.76 Å². The molecule has 3 nitrogen and oxygen atoms in total. The molecule has 0 amide bonds. The molecule has 0 radical (unpaired) electrons. The first-order valence-electron chi connectivity index (χ1n) is 8.62.